The number of rotatable bonds is 7. The van der Waals surface area contributed by atoms with Gasteiger partial charge in [-0.25, -0.2) is 8.78 Å². The molecule has 0 bridgehead atoms. The van der Waals surface area contributed by atoms with Gasteiger partial charge in [0.2, 0.25) is 11.8 Å². The number of nitrogens with two attached hydrogens (primary N) is 2. The Morgan fingerprint density at radius 3 is 2.31 bits per heavy atom. The first-order valence-electron chi connectivity index (χ1n) is 4.60. The highest BCUT2D eigenvalue weighted by molar-refractivity contribution is 5.87. The van der Waals surface area contributed by atoms with Crippen LogP contribution in [0.4, 0.5) is 8.78 Å². The van der Waals surface area contributed by atoms with Gasteiger partial charge in [0.15, 0.2) is 0 Å². The van der Waals surface area contributed by atoms with Gasteiger partial charge in [-0.3, -0.25) is 9.59 Å². The molecule has 0 fully saturated rings. The number of carbonyl (C=O) groups excluding carboxylic acids is 2. The van der Waals surface area contributed by atoms with E-state index < -0.39 is 43.9 Å². The molecule has 2 amide bonds. The van der Waals surface area contributed by atoms with Crippen molar-refractivity contribution >= 4 is 11.8 Å². The number of halogens is 2. The Bertz CT molecular complexity index is 251. The maximum Gasteiger partial charge on any atom is 0.255 e. The van der Waals surface area contributed by atoms with Crippen LogP contribution in [0.3, 0.4) is 0 Å². The van der Waals surface area contributed by atoms with Crippen molar-refractivity contribution in [2.75, 3.05) is 19.7 Å². The maximum atomic E-state index is 12.1. The summed E-state index contributed by atoms with van der Waals surface area (Å²) in [5.74, 6) is -1.62. The number of aliphatic hydroxyl groups is 1. The van der Waals surface area contributed by atoms with Crippen molar-refractivity contribution in [1.82, 2.24) is 4.90 Å². The molecule has 0 aliphatic heterocycles. The number of nitrogens with zero attached hydrogens (tertiary/aromatic N) is 1. The molecule has 0 saturated carbocycles. The number of amides is 2. The van der Waals surface area contributed by atoms with Crippen molar-refractivity contribution in [3.05, 3.63) is 0 Å². The quantitative estimate of drug-likeness (QED) is 0.490. The first-order chi connectivity index (χ1) is 7.38. The summed E-state index contributed by atoms with van der Waals surface area (Å²) in [4.78, 5) is 22.7. The lowest BCUT2D eigenvalue weighted by atomic mass is 10.2. The van der Waals surface area contributed by atoms with E-state index in [9.17, 15) is 18.4 Å². The fourth-order valence-electron chi connectivity index (χ4n) is 1.12. The van der Waals surface area contributed by atoms with Crippen molar-refractivity contribution in [3.8, 4) is 0 Å². The van der Waals surface area contributed by atoms with E-state index in [1.165, 1.54) is 0 Å². The third-order valence-corrected chi connectivity index (χ3v) is 1.78. The molecule has 0 heterocycles. The molecule has 1 unspecified atom stereocenters. The minimum Gasteiger partial charge on any atom is -0.395 e. The summed E-state index contributed by atoms with van der Waals surface area (Å²) in [6.45, 7) is -1.54. The summed E-state index contributed by atoms with van der Waals surface area (Å²) < 4.78 is 24.2. The average molecular weight is 239 g/mol. The molecule has 0 aromatic carbocycles. The monoisotopic (exact) mass is 239 g/mol. The van der Waals surface area contributed by atoms with Gasteiger partial charge < -0.3 is 21.5 Å². The summed E-state index contributed by atoms with van der Waals surface area (Å²) >= 11 is 0. The zero-order valence-corrected chi connectivity index (χ0v) is 8.60. The Labute approximate surface area is 91.2 Å². The second kappa shape index (κ2) is 7.07. The standard InChI is InChI=1S/C8H15F2N3O3/c9-6(10)4-13(1-2-14)8(16)5(11)3-7(12)15/h5-6,14H,1-4,11H2,(H2,12,15). The van der Waals surface area contributed by atoms with Crippen LogP contribution in [0.1, 0.15) is 6.42 Å². The molecule has 0 aromatic rings. The highest BCUT2D eigenvalue weighted by Crippen LogP contribution is 2.02. The summed E-state index contributed by atoms with van der Waals surface area (Å²) in [6.07, 6.45) is -3.14. The van der Waals surface area contributed by atoms with Crippen molar-refractivity contribution in [3.63, 3.8) is 0 Å². The molecule has 0 aliphatic rings. The molecule has 5 N–H and O–H groups in total. The first kappa shape index (κ1) is 14.7. The highest BCUT2D eigenvalue weighted by atomic mass is 19.3. The van der Waals surface area contributed by atoms with E-state index in [1.807, 2.05) is 0 Å². The topological polar surface area (TPSA) is 110 Å². The van der Waals surface area contributed by atoms with Crippen LogP contribution in [0, 0.1) is 0 Å². The van der Waals surface area contributed by atoms with Gasteiger partial charge in [-0.05, 0) is 0 Å². The molecular formula is C8H15F2N3O3. The van der Waals surface area contributed by atoms with Crippen LogP contribution in [0.5, 0.6) is 0 Å². The van der Waals surface area contributed by atoms with Gasteiger partial charge in [0.05, 0.1) is 25.6 Å². The van der Waals surface area contributed by atoms with Gasteiger partial charge in [0, 0.05) is 6.54 Å². The second-order valence-electron chi connectivity index (χ2n) is 3.18. The molecule has 0 spiro atoms. The van der Waals surface area contributed by atoms with Crippen molar-refractivity contribution in [1.29, 1.82) is 0 Å². The van der Waals surface area contributed by atoms with E-state index in [4.69, 9.17) is 16.6 Å². The van der Waals surface area contributed by atoms with E-state index in [-0.39, 0.29) is 6.54 Å². The minimum atomic E-state index is -2.73. The zero-order chi connectivity index (χ0) is 12.7. The van der Waals surface area contributed by atoms with Crippen molar-refractivity contribution < 1.29 is 23.5 Å². The predicted molar refractivity (Wildman–Crippen MR) is 51.5 cm³/mol. The van der Waals surface area contributed by atoms with Gasteiger partial charge in [-0.2, -0.15) is 0 Å². The SMILES string of the molecule is NC(=O)CC(N)C(=O)N(CCO)CC(F)F. The van der Waals surface area contributed by atoms with Crippen molar-refractivity contribution in [2.45, 2.75) is 18.9 Å². The Morgan fingerprint density at radius 1 is 1.38 bits per heavy atom. The summed E-state index contributed by atoms with van der Waals surface area (Å²) in [6, 6.07) is -1.25. The molecule has 0 aliphatic carbocycles. The van der Waals surface area contributed by atoms with E-state index in [2.05, 4.69) is 0 Å². The van der Waals surface area contributed by atoms with Crippen LogP contribution in [0.15, 0.2) is 0 Å². The Morgan fingerprint density at radius 2 is 1.94 bits per heavy atom. The molecule has 16 heavy (non-hydrogen) atoms. The first-order valence-corrected chi connectivity index (χ1v) is 4.60. The number of hydrogen-bond acceptors (Lipinski definition) is 4. The van der Waals surface area contributed by atoms with Crippen LogP contribution in [-0.4, -0.2) is 54.0 Å². The van der Waals surface area contributed by atoms with Gasteiger partial charge in [-0.15, -0.1) is 0 Å². The number of carbonyl (C=O) groups is 2. The minimum absolute atomic E-state index is 0.254. The normalized spacial score (nSPS) is 12.6. The highest BCUT2D eigenvalue weighted by Gasteiger charge is 2.24. The van der Waals surface area contributed by atoms with Crippen LogP contribution in [0.2, 0.25) is 0 Å². The molecule has 0 aromatic heterocycles. The van der Waals surface area contributed by atoms with Gasteiger partial charge in [0.1, 0.15) is 0 Å². The molecule has 1 atom stereocenters. The van der Waals surface area contributed by atoms with E-state index in [0.29, 0.717) is 4.90 Å². The molecule has 6 nitrogen and oxygen atoms in total. The van der Waals surface area contributed by atoms with Crippen LogP contribution < -0.4 is 11.5 Å². The number of alkyl halides is 2. The van der Waals surface area contributed by atoms with Gasteiger partial charge in [-0.1, -0.05) is 0 Å². The van der Waals surface area contributed by atoms with Gasteiger partial charge >= 0.3 is 0 Å². The summed E-state index contributed by atoms with van der Waals surface area (Å²) in [7, 11) is 0. The predicted octanol–water partition coefficient (Wildman–Crippen LogP) is -1.72. The fraction of sp³-hybridized carbons (Fsp3) is 0.750. The Kier molecular flexibility index (Phi) is 6.50. The second-order valence-corrected chi connectivity index (χ2v) is 3.18. The number of aliphatic hydroxyl groups excluding tert-OH is 1. The van der Waals surface area contributed by atoms with E-state index in [1.54, 1.807) is 0 Å². The Hall–Kier alpha value is -1.28. The molecular weight excluding hydrogens is 224 g/mol. The molecule has 0 radical (unpaired) electrons. The average Bonchev–Trinajstić information content (AvgIpc) is 2.14. The lowest BCUT2D eigenvalue weighted by Crippen LogP contribution is -2.48. The number of primary amides is 1. The smallest absolute Gasteiger partial charge is 0.255 e. The summed E-state index contributed by atoms with van der Waals surface area (Å²) in [5, 5.41) is 8.59. The van der Waals surface area contributed by atoms with Crippen LogP contribution in [-0.2, 0) is 9.59 Å². The molecule has 0 rings (SSSR count). The molecule has 94 valence electrons. The summed E-state index contributed by atoms with van der Waals surface area (Å²) in [5.41, 5.74) is 10.1. The zero-order valence-electron chi connectivity index (χ0n) is 8.60. The van der Waals surface area contributed by atoms with Gasteiger partial charge in [0.25, 0.3) is 6.43 Å². The fourth-order valence-corrected chi connectivity index (χ4v) is 1.12. The largest absolute Gasteiger partial charge is 0.395 e. The lowest BCUT2D eigenvalue weighted by Gasteiger charge is -2.24. The van der Waals surface area contributed by atoms with Crippen molar-refractivity contribution in [2.24, 2.45) is 11.5 Å². The number of hydrogen-bond donors (Lipinski definition) is 3. The third-order valence-electron chi connectivity index (χ3n) is 1.78. The molecule has 8 heteroatoms. The van der Waals surface area contributed by atoms with E-state index >= 15 is 0 Å². The lowest BCUT2D eigenvalue weighted by molar-refractivity contribution is -0.136. The van der Waals surface area contributed by atoms with Crippen LogP contribution in [0.25, 0.3) is 0 Å². The van der Waals surface area contributed by atoms with E-state index in [0.717, 1.165) is 0 Å². The Balaban J connectivity index is 4.40. The maximum absolute atomic E-state index is 12.1. The third kappa shape index (κ3) is 5.56. The molecule has 0 saturated heterocycles. The van der Waals surface area contributed by atoms with Crippen LogP contribution >= 0.6 is 0 Å².